The van der Waals surface area contributed by atoms with E-state index in [1.54, 1.807) is 12.6 Å². The Balaban J connectivity index is 2.91. The first kappa shape index (κ1) is 11.0. The first-order valence-electron chi connectivity index (χ1n) is 4.16. The van der Waals surface area contributed by atoms with Crippen LogP contribution < -0.4 is 0 Å². The standard InChI is InChI=1S/C10H7NO4/c12-6-5-9(7-13)8-1-3-10(4-2-8)11(14)15/h1-4,9H,5H2. The average molecular weight is 205 g/mol. The van der Waals surface area contributed by atoms with Crippen molar-refractivity contribution in [1.29, 1.82) is 0 Å². The van der Waals surface area contributed by atoms with E-state index >= 15 is 0 Å². The molecule has 0 amide bonds. The maximum absolute atomic E-state index is 10.5. The van der Waals surface area contributed by atoms with Crippen LogP contribution in [-0.4, -0.2) is 17.5 Å². The second-order valence-corrected chi connectivity index (χ2v) is 2.87. The number of nitrogens with zero attached hydrogens (tertiary/aromatic N) is 1. The van der Waals surface area contributed by atoms with Gasteiger partial charge < -0.3 is 0 Å². The van der Waals surface area contributed by atoms with Crippen molar-refractivity contribution in [2.75, 3.05) is 0 Å². The molecule has 15 heavy (non-hydrogen) atoms. The fourth-order valence-corrected chi connectivity index (χ4v) is 1.14. The number of benzene rings is 1. The Hall–Kier alpha value is -2.04. The number of hydrogen-bond donors (Lipinski definition) is 0. The van der Waals surface area contributed by atoms with Crippen LogP contribution in [0.1, 0.15) is 17.9 Å². The van der Waals surface area contributed by atoms with Crippen LogP contribution in [0.5, 0.6) is 0 Å². The molecule has 1 rings (SSSR count). The summed E-state index contributed by atoms with van der Waals surface area (Å²) in [5, 5.41) is 10.3. The Bertz CT molecular complexity index is 372. The lowest BCUT2D eigenvalue weighted by Crippen LogP contribution is -2.01. The van der Waals surface area contributed by atoms with Crippen molar-refractivity contribution in [3.05, 3.63) is 39.9 Å². The van der Waals surface area contributed by atoms with Gasteiger partial charge in [0.2, 0.25) is 6.29 Å². The highest BCUT2D eigenvalue weighted by molar-refractivity contribution is 5.69. The van der Waals surface area contributed by atoms with Crippen LogP contribution in [0.3, 0.4) is 0 Å². The molecule has 0 aliphatic carbocycles. The molecule has 1 unspecified atom stereocenters. The van der Waals surface area contributed by atoms with Crippen molar-refractivity contribution in [3.8, 4) is 0 Å². The van der Waals surface area contributed by atoms with Crippen molar-refractivity contribution in [1.82, 2.24) is 0 Å². The van der Waals surface area contributed by atoms with Gasteiger partial charge in [-0.15, -0.1) is 0 Å². The summed E-state index contributed by atoms with van der Waals surface area (Å²) in [5.41, 5.74) is 0.470. The largest absolute Gasteiger partial charge is 0.291 e. The summed E-state index contributed by atoms with van der Waals surface area (Å²) in [6.07, 6.45) is 3.21. The van der Waals surface area contributed by atoms with E-state index in [2.05, 4.69) is 0 Å². The van der Waals surface area contributed by atoms with Crippen LogP contribution in [-0.2, 0) is 9.59 Å². The predicted octanol–water partition coefficient (Wildman–Crippen LogP) is 1.29. The minimum atomic E-state index is -0.691. The van der Waals surface area contributed by atoms with Crippen LogP contribution in [0.2, 0.25) is 0 Å². The number of carbonyl (C=O) groups excluding carboxylic acids is 2. The first-order valence-corrected chi connectivity index (χ1v) is 4.16. The molecule has 0 spiro atoms. The minimum Gasteiger partial charge on any atom is -0.291 e. The Labute approximate surface area is 85.9 Å². The first-order chi connectivity index (χ1) is 7.19. The number of hydrogen-bond acceptors (Lipinski definition) is 4. The second kappa shape index (κ2) is 4.99. The van der Waals surface area contributed by atoms with Gasteiger partial charge in [0.25, 0.3) is 5.69 Å². The van der Waals surface area contributed by atoms with Crippen LogP contribution >= 0.6 is 0 Å². The normalized spacial score (nSPS) is 11.7. The van der Waals surface area contributed by atoms with Crippen LogP contribution in [0, 0.1) is 10.1 Å². The van der Waals surface area contributed by atoms with E-state index in [1.165, 1.54) is 24.3 Å². The molecule has 0 N–H and O–H groups in total. The topological polar surface area (TPSA) is 77.3 Å². The number of nitro benzene ring substituents is 1. The van der Waals surface area contributed by atoms with Crippen LogP contribution in [0.15, 0.2) is 24.3 Å². The maximum Gasteiger partial charge on any atom is 0.269 e. The van der Waals surface area contributed by atoms with E-state index in [9.17, 15) is 19.7 Å². The number of non-ortho nitro benzene ring substituents is 1. The van der Waals surface area contributed by atoms with Crippen LogP contribution in [0.25, 0.3) is 0 Å². The lowest BCUT2D eigenvalue weighted by atomic mass is 9.98. The van der Waals surface area contributed by atoms with Crippen molar-refractivity contribution in [2.24, 2.45) is 0 Å². The van der Waals surface area contributed by atoms with E-state index < -0.39 is 10.8 Å². The molecule has 1 aromatic carbocycles. The molecular weight excluding hydrogens is 198 g/mol. The van der Waals surface area contributed by atoms with Crippen molar-refractivity contribution in [2.45, 2.75) is 12.3 Å². The average Bonchev–Trinajstić information content (AvgIpc) is 2.26. The molecule has 0 fully saturated rings. The van der Waals surface area contributed by atoms with Crippen LogP contribution in [0.4, 0.5) is 5.69 Å². The molecule has 0 saturated carbocycles. The van der Waals surface area contributed by atoms with Gasteiger partial charge in [0.15, 0.2) is 6.29 Å². The van der Waals surface area contributed by atoms with Crippen molar-refractivity contribution < 1.29 is 14.5 Å². The quantitative estimate of drug-likeness (QED) is 0.536. The maximum atomic E-state index is 10.5. The summed E-state index contributed by atoms with van der Waals surface area (Å²) in [7, 11) is 0. The second-order valence-electron chi connectivity index (χ2n) is 2.87. The Kier molecular flexibility index (Phi) is 3.68. The molecule has 0 saturated heterocycles. The molecule has 5 nitrogen and oxygen atoms in total. The zero-order chi connectivity index (χ0) is 11.3. The summed E-state index contributed by atoms with van der Waals surface area (Å²) < 4.78 is 0. The van der Waals surface area contributed by atoms with E-state index in [0.29, 0.717) is 5.56 Å². The Morgan fingerprint density at radius 3 is 2.27 bits per heavy atom. The molecule has 0 bridgehead atoms. The van der Waals surface area contributed by atoms with Crippen molar-refractivity contribution >= 4 is 18.3 Å². The third-order valence-corrected chi connectivity index (χ3v) is 1.94. The van der Waals surface area contributed by atoms with Gasteiger partial charge in [0.05, 0.1) is 10.8 Å². The summed E-state index contributed by atoms with van der Waals surface area (Å²) in [6.45, 7) is 0. The lowest BCUT2D eigenvalue weighted by Gasteiger charge is -2.04. The highest BCUT2D eigenvalue weighted by Crippen LogP contribution is 2.19. The molecule has 1 atom stereocenters. The monoisotopic (exact) mass is 205 g/mol. The smallest absolute Gasteiger partial charge is 0.269 e. The SMILES string of the molecule is O=[C]CC([C]=O)c1ccc([N+](=O)[O-])cc1. The minimum absolute atomic E-state index is 0.0570. The van der Waals surface area contributed by atoms with Crippen molar-refractivity contribution in [3.63, 3.8) is 0 Å². The fourth-order valence-electron chi connectivity index (χ4n) is 1.14. The van der Waals surface area contributed by atoms with E-state index in [4.69, 9.17) is 0 Å². The Morgan fingerprint density at radius 1 is 1.27 bits per heavy atom. The summed E-state index contributed by atoms with van der Waals surface area (Å²) in [5.74, 6) is -0.691. The highest BCUT2D eigenvalue weighted by atomic mass is 16.6. The molecule has 76 valence electrons. The number of rotatable bonds is 5. The van der Waals surface area contributed by atoms with Gasteiger partial charge in [-0.3, -0.25) is 19.7 Å². The summed E-state index contributed by atoms with van der Waals surface area (Å²) in [6, 6.07) is 5.44. The molecule has 1 aromatic rings. The van der Waals surface area contributed by atoms with E-state index in [1.807, 2.05) is 0 Å². The van der Waals surface area contributed by atoms with Gasteiger partial charge in [-0.25, -0.2) is 0 Å². The summed E-state index contributed by atoms with van der Waals surface area (Å²) in [4.78, 5) is 30.4. The highest BCUT2D eigenvalue weighted by Gasteiger charge is 2.13. The molecule has 0 aromatic heterocycles. The molecule has 2 radical (unpaired) electrons. The van der Waals surface area contributed by atoms with Gasteiger partial charge >= 0.3 is 0 Å². The van der Waals surface area contributed by atoms with E-state index in [-0.39, 0.29) is 12.1 Å². The molecule has 0 aliphatic rings. The zero-order valence-electron chi connectivity index (χ0n) is 7.67. The van der Waals surface area contributed by atoms with Gasteiger partial charge in [0, 0.05) is 18.6 Å². The predicted molar refractivity (Wildman–Crippen MR) is 51.8 cm³/mol. The zero-order valence-corrected chi connectivity index (χ0v) is 7.67. The lowest BCUT2D eigenvalue weighted by molar-refractivity contribution is -0.384. The third kappa shape index (κ3) is 2.70. The molecule has 0 aliphatic heterocycles. The van der Waals surface area contributed by atoms with Gasteiger partial charge in [-0.05, 0) is 5.56 Å². The van der Waals surface area contributed by atoms with Gasteiger partial charge in [0.1, 0.15) is 0 Å². The summed E-state index contributed by atoms with van der Waals surface area (Å²) >= 11 is 0. The Morgan fingerprint density at radius 2 is 1.87 bits per heavy atom. The molecular formula is C10H7NO4. The third-order valence-electron chi connectivity index (χ3n) is 1.94. The van der Waals surface area contributed by atoms with Gasteiger partial charge in [-0.2, -0.15) is 0 Å². The van der Waals surface area contributed by atoms with Gasteiger partial charge in [-0.1, -0.05) is 12.1 Å². The molecule has 5 heteroatoms. The fraction of sp³-hybridized carbons (Fsp3) is 0.200. The number of nitro groups is 1. The van der Waals surface area contributed by atoms with E-state index in [0.717, 1.165) is 0 Å². The molecule has 0 heterocycles.